The largest absolute Gasteiger partial charge is 0.204 e. The summed E-state index contributed by atoms with van der Waals surface area (Å²) in [5, 5.41) is 0. The minimum Gasteiger partial charge on any atom is -0.204 e. The van der Waals surface area contributed by atoms with Crippen molar-refractivity contribution >= 4 is 0 Å². The Kier molecular flexibility index (Phi) is 7.50. The van der Waals surface area contributed by atoms with Gasteiger partial charge in [0.25, 0.3) is 0 Å². The minimum absolute atomic E-state index is 0.515. The highest BCUT2D eigenvalue weighted by Crippen LogP contribution is 2.42. The van der Waals surface area contributed by atoms with Crippen molar-refractivity contribution in [3.63, 3.8) is 0 Å². The van der Waals surface area contributed by atoms with Crippen LogP contribution in [-0.4, -0.2) is 0 Å². The van der Waals surface area contributed by atoms with E-state index in [1.165, 1.54) is 70.3 Å². The first-order chi connectivity index (χ1) is 13.2. The van der Waals surface area contributed by atoms with E-state index in [2.05, 4.69) is 24.8 Å². The fraction of sp³-hybridized carbons (Fsp3) is 0.600. The van der Waals surface area contributed by atoms with E-state index in [1.807, 2.05) is 6.08 Å². The Morgan fingerprint density at radius 2 is 1.59 bits per heavy atom. The van der Waals surface area contributed by atoms with Gasteiger partial charge in [0.1, 0.15) is 0 Å². The van der Waals surface area contributed by atoms with Gasteiger partial charge in [-0.2, -0.15) is 0 Å². The zero-order valence-corrected chi connectivity index (χ0v) is 16.5. The Labute approximate surface area is 163 Å². The quantitative estimate of drug-likeness (QED) is 0.488. The van der Waals surface area contributed by atoms with E-state index in [9.17, 15) is 8.78 Å². The molecule has 1 aromatic rings. The first kappa shape index (κ1) is 20.1. The maximum Gasteiger partial charge on any atom is 0.160 e. The van der Waals surface area contributed by atoms with Crippen molar-refractivity contribution in [2.24, 2.45) is 23.7 Å². The molecule has 0 heterocycles. The van der Waals surface area contributed by atoms with Crippen LogP contribution in [0.1, 0.15) is 76.7 Å². The lowest BCUT2D eigenvalue weighted by Gasteiger charge is -2.37. The van der Waals surface area contributed by atoms with Gasteiger partial charge in [0.05, 0.1) is 0 Å². The second-order valence-electron chi connectivity index (χ2n) is 8.50. The lowest BCUT2D eigenvalue weighted by Crippen LogP contribution is -2.25. The second-order valence-corrected chi connectivity index (χ2v) is 8.50. The van der Waals surface area contributed by atoms with Crippen LogP contribution in [0.3, 0.4) is 0 Å². The SMILES string of the molecule is CCC[C@H]1CC[C@H](C2CCC(C=CC#Cc3ccc(F)c(F)c3)CC2)CC1. The van der Waals surface area contributed by atoms with Crippen LogP contribution >= 0.6 is 0 Å². The number of benzene rings is 1. The van der Waals surface area contributed by atoms with E-state index in [0.717, 1.165) is 29.9 Å². The van der Waals surface area contributed by atoms with Gasteiger partial charge in [-0.3, -0.25) is 0 Å². The fourth-order valence-electron chi connectivity index (χ4n) is 5.05. The first-order valence-corrected chi connectivity index (χ1v) is 10.8. The molecule has 0 aliphatic heterocycles. The normalized spacial score (nSPS) is 28.7. The van der Waals surface area contributed by atoms with Crippen LogP contribution in [0.5, 0.6) is 0 Å². The average molecular weight is 371 g/mol. The zero-order chi connectivity index (χ0) is 19.1. The molecule has 0 spiro atoms. The molecule has 27 heavy (non-hydrogen) atoms. The molecule has 0 radical (unpaired) electrons. The van der Waals surface area contributed by atoms with Gasteiger partial charge in [0, 0.05) is 5.56 Å². The molecule has 0 saturated heterocycles. The molecule has 2 fully saturated rings. The molecule has 0 N–H and O–H groups in total. The summed E-state index contributed by atoms with van der Waals surface area (Å²) in [6, 6.07) is 3.79. The second kappa shape index (κ2) is 10.1. The van der Waals surface area contributed by atoms with E-state index >= 15 is 0 Å². The Morgan fingerprint density at radius 3 is 2.22 bits per heavy atom. The molecule has 1 aromatic carbocycles. The van der Waals surface area contributed by atoms with Gasteiger partial charge in [0.2, 0.25) is 0 Å². The highest BCUT2D eigenvalue weighted by Gasteiger charge is 2.29. The molecule has 146 valence electrons. The standard InChI is InChI=1S/C25H32F2/c1-2-5-19-8-13-22(14-9-19)23-15-10-20(11-16-23)6-3-4-7-21-12-17-24(26)25(27)18-21/h3,6,12,17-20,22-23H,2,5,8-11,13-16H2,1H3/t19-,20?,22-,23?. The van der Waals surface area contributed by atoms with Crippen LogP contribution in [0.25, 0.3) is 0 Å². The maximum absolute atomic E-state index is 13.2. The maximum atomic E-state index is 13.2. The predicted molar refractivity (Wildman–Crippen MR) is 108 cm³/mol. The molecule has 2 heteroatoms. The van der Waals surface area contributed by atoms with Crippen LogP contribution in [-0.2, 0) is 0 Å². The van der Waals surface area contributed by atoms with Crippen molar-refractivity contribution in [1.82, 2.24) is 0 Å². The summed E-state index contributed by atoms with van der Waals surface area (Å²) in [6.45, 7) is 2.31. The average Bonchev–Trinajstić information content (AvgIpc) is 2.69. The van der Waals surface area contributed by atoms with Gasteiger partial charge in [-0.15, -0.1) is 0 Å². The summed E-state index contributed by atoms with van der Waals surface area (Å²) >= 11 is 0. The van der Waals surface area contributed by atoms with Crippen molar-refractivity contribution in [3.05, 3.63) is 47.5 Å². The third kappa shape index (κ3) is 5.93. The molecular weight excluding hydrogens is 338 g/mol. The third-order valence-corrected chi connectivity index (χ3v) is 6.66. The molecule has 0 nitrogen and oxygen atoms in total. The Hall–Kier alpha value is -1.62. The molecule has 2 aliphatic rings. The van der Waals surface area contributed by atoms with Crippen LogP contribution in [0.15, 0.2) is 30.4 Å². The minimum atomic E-state index is -0.840. The number of rotatable bonds is 4. The van der Waals surface area contributed by atoms with Crippen LogP contribution < -0.4 is 0 Å². The highest BCUT2D eigenvalue weighted by atomic mass is 19.2. The Morgan fingerprint density at radius 1 is 0.926 bits per heavy atom. The zero-order valence-electron chi connectivity index (χ0n) is 16.5. The number of hydrogen-bond acceptors (Lipinski definition) is 0. The molecule has 0 unspecified atom stereocenters. The smallest absolute Gasteiger partial charge is 0.160 e. The molecule has 0 atom stereocenters. The highest BCUT2D eigenvalue weighted by molar-refractivity contribution is 5.37. The Bertz CT molecular complexity index is 678. The molecule has 2 saturated carbocycles. The number of allylic oxidation sites excluding steroid dienone is 2. The van der Waals surface area contributed by atoms with Gasteiger partial charge in [-0.1, -0.05) is 50.5 Å². The summed E-state index contributed by atoms with van der Waals surface area (Å²) in [5.74, 6) is 7.71. The monoisotopic (exact) mass is 370 g/mol. The topological polar surface area (TPSA) is 0 Å². The van der Waals surface area contributed by atoms with Crippen molar-refractivity contribution in [3.8, 4) is 11.8 Å². The van der Waals surface area contributed by atoms with E-state index < -0.39 is 11.6 Å². The van der Waals surface area contributed by atoms with Crippen molar-refractivity contribution < 1.29 is 8.78 Å². The molecule has 0 bridgehead atoms. The molecule has 0 amide bonds. The molecule has 3 rings (SSSR count). The predicted octanol–water partition coefficient (Wildman–Crippen LogP) is 7.29. The summed E-state index contributed by atoms with van der Waals surface area (Å²) in [5.41, 5.74) is 0.515. The lowest BCUT2D eigenvalue weighted by atomic mass is 9.69. The molecular formula is C25H32F2. The summed E-state index contributed by atoms with van der Waals surface area (Å²) in [6.07, 6.45) is 17.9. The number of halogens is 2. The van der Waals surface area contributed by atoms with Gasteiger partial charge in [-0.05, 0) is 86.5 Å². The molecule has 2 aliphatic carbocycles. The van der Waals surface area contributed by atoms with Gasteiger partial charge >= 0.3 is 0 Å². The van der Waals surface area contributed by atoms with Crippen molar-refractivity contribution in [2.45, 2.75) is 71.1 Å². The number of hydrogen-bond donors (Lipinski definition) is 0. The Balaban J connectivity index is 1.41. The molecule has 0 aromatic heterocycles. The summed E-state index contributed by atoms with van der Waals surface area (Å²) < 4.78 is 26.1. The van der Waals surface area contributed by atoms with Gasteiger partial charge in [0.15, 0.2) is 11.6 Å². The van der Waals surface area contributed by atoms with Gasteiger partial charge < -0.3 is 0 Å². The summed E-state index contributed by atoms with van der Waals surface area (Å²) in [7, 11) is 0. The van der Waals surface area contributed by atoms with Gasteiger partial charge in [-0.25, -0.2) is 8.78 Å². The van der Waals surface area contributed by atoms with E-state index in [0.29, 0.717) is 11.5 Å². The van der Waals surface area contributed by atoms with Crippen molar-refractivity contribution in [2.75, 3.05) is 0 Å². The van der Waals surface area contributed by atoms with Crippen LogP contribution in [0.2, 0.25) is 0 Å². The van der Waals surface area contributed by atoms with Crippen LogP contribution in [0, 0.1) is 47.1 Å². The third-order valence-electron chi connectivity index (χ3n) is 6.66. The van der Waals surface area contributed by atoms with E-state index in [-0.39, 0.29) is 0 Å². The fourth-order valence-corrected chi connectivity index (χ4v) is 5.05. The van der Waals surface area contributed by atoms with E-state index in [1.54, 1.807) is 0 Å². The van der Waals surface area contributed by atoms with Crippen molar-refractivity contribution in [1.29, 1.82) is 0 Å². The first-order valence-electron chi connectivity index (χ1n) is 10.8. The van der Waals surface area contributed by atoms with Crippen LogP contribution in [0.4, 0.5) is 8.78 Å². The van der Waals surface area contributed by atoms with E-state index in [4.69, 9.17) is 0 Å². The summed E-state index contributed by atoms with van der Waals surface area (Å²) in [4.78, 5) is 0. The lowest BCUT2D eigenvalue weighted by molar-refractivity contribution is 0.152.